The Balaban J connectivity index is 2.11. The summed E-state index contributed by atoms with van der Waals surface area (Å²) in [6.45, 7) is 2.26. The highest BCUT2D eigenvalue weighted by Gasteiger charge is 2.13. The fourth-order valence-electron chi connectivity index (χ4n) is 1.47. The van der Waals surface area contributed by atoms with Gasteiger partial charge in [0, 0.05) is 5.56 Å². The van der Waals surface area contributed by atoms with E-state index in [4.69, 9.17) is 10.2 Å². The third kappa shape index (κ3) is 2.36. The summed E-state index contributed by atoms with van der Waals surface area (Å²) >= 11 is 0. The van der Waals surface area contributed by atoms with E-state index in [1.165, 1.54) is 0 Å². The molecule has 0 unspecified atom stereocenters. The molecular formula is C11H14N4O2. The lowest BCUT2D eigenvalue weighted by Gasteiger charge is -2.02. The van der Waals surface area contributed by atoms with Crippen LogP contribution in [0, 0.1) is 0 Å². The summed E-state index contributed by atoms with van der Waals surface area (Å²) in [6, 6.07) is 3.28. The van der Waals surface area contributed by atoms with Crippen LogP contribution in [0.5, 0.6) is 0 Å². The van der Waals surface area contributed by atoms with Crippen molar-refractivity contribution in [3.8, 4) is 0 Å². The van der Waals surface area contributed by atoms with Crippen molar-refractivity contribution in [3.05, 3.63) is 35.4 Å². The molecule has 6 heteroatoms. The van der Waals surface area contributed by atoms with Gasteiger partial charge in [-0.15, -0.1) is 0 Å². The molecular weight excluding hydrogens is 220 g/mol. The van der Waals surface area contributed by atoms with Gasteiger partial charge >= 0.3 is 0 Å². The minimum Gasteiger partial charge on any atom is -0.455 e. The highest BCUT2D eigenvalue weighted by Crippen LogP contribution is 2.14. The van der Waals surface area contributed by atoms with E-state index in [0.29, 0.717) is 11.6 Å². The normalized spacial score (nSPS) is 10.5. The van der Waals surface area contributed by atoms with E-state index >= 15 is 0 Å². The number of furan rings is 1. The Hall–Kier alpha value is -2.08. The first-order valence-corrected chi connectivity index (χ1v) is 5.37. The molecule has 0 aromatic carbocycles. The highest BCUT2D eigenvalue weighted by molar-refractivity contribution is 6.02. The van der Waals surface area contributed by atoms with Crippen molar-refractivity contribution in [1.29, 1.82) is 0 Å². The van der Waals surface area contributed by atoms with E-state index in [2.05, 4.69) is 15.5 Å². The summed E-state index contributed by atoms with van der Waals surface area (Å²) in [4.78, 5) is 11.8. The molecule has 0 bridgehead atoms. The molecule has 2 aromatic heterocycles. The maximum Gasteiger partial charge on any atom is 0.292 e. The number of carbonyl (C=O) groups is 1. The number of nitrogens with zero attached hydrogens (tertiary/aromatic N) is 1. The first-order valence-electron chi connectivity index (χ1n) is 5.37. The van der Waals surface area contributed by atoms with Crippen LogP contribution >= 0.6 is 0 Å². The summed E-state index contributed by atoms with van der Waals surface area (Å²) in [5, 5.41) is 9.30. The van der Waals surface area contributed by atoms with Gasteiger partial charge in [-0.1, -0.05) is 6.92 Å². The molecule has 0 aliphatic rings. The molecule has 0 radical (unpaired) electrons. The lowest BCUT2D eigenvalue weighted by molar-refractivity contribution is 0.0994. The Bertz CT molecular complexity index is 515. The second-order valence-corrected chi connectivity index (χ2v) is 3.55. The smallest absolute Gasteiger partial charge is 0.292 e. The molecule has 17 heavy (non-hydrogen) atoms. The van der Waals surface area contributed by atoms with Gasteiger partial charge in [-0.25, -0.2) is 0 Å². The standard InChI is InChI=1S/C11H14N4O2/c1-2-7-6-13-15-10(7)14-11(16)9-4-3-8(5-12)17-9/h3-4,6H,2,5,12H2,1H3,(H2,13,14,15,16). The van der Waals surface area contributed by atoms with Crippen LogP contribution in [0.25, 0.3) is 0 Å². The van der Waals surface area contributed by atoms with Crippen LogP contribution in [0.1, 0.15) is 28.8 Å². The number of hydrogen-bond acceptors (Lipinski definition) is 4. The maximum absolute atomic E-state index is 11.8. The van der Waals surface area contributed by atoms with E-state index in [0.717, 1.165) is 12.0 Å². The van der Waals surface area contributed by atoms with Crippen molar-refractivity contribution in [2.24, 2.45) is 5.73 Å². The second-order valence-electron chi connectivity index (χ2n) is 3.55. The molecule has 90 valence electrons. The molecule has 0 spiro atoms. The summed E-state index contributed by atoms with van der Waals surface area (Å²) in [6.07, 6.45) is 2.47. The van der Waals surface area contributed by atoms with E-state index in [-0.39, 0.29) is 18.2 Å². The van der Waals surface area contributed by atoms with Crippen molar-refractivity contribution in [2.75, 3.05) is 5.32 Å². The quantitative estimate of drug-likeness (QED) is 0.742. The molecule has 2 heterocycles. The minimum atomic E-state index is -0.316. The Morgan fingerprint density at radius 2 is 2.41 bits per heavy atom. The average Bonchev–Trinajstić information content (AvgIpc) is 2.96. The van der Waals surface area contributed by atoms with Gasteiger partial charge < -0.3 is 15.5 Å². The summed E-state index contributed by atoms with van der Waals surface area (Å²) < 4.78 is 5.25. The first-order chi connectivity index (χ1) is 8.24. The van der Waals surface area contributed by atoms with Crippen LogP contribution < -0.4 is 11.1 Å². The second kappa shape index (κ2) is 4.84. The van der Waals surface area contributed by atoms with Gasteiger partial charge in [-0.05, 0) is 18.6 Å². The highest BCUT2D eigenvalue weighted by atomic mass is 16.4. The number of H-pyrrole nitrogens is 1. The van der Waals surface area contributed by atoms with Crippen molar-refractivity contribution < 1.29 is 9.21 Å². The average molecular weight is 234 g/mol. The Morgan fingerprint density at radius 3 is 3.06 bits per heavy atom. The number of anilines is 1. The number of rotatable bonds is 4. The Kier molecular flexibility index (Phi) is 3.24. The molecule has 2 rings (SSSR count). The monoisotopic (exact) mass is 234 g/mol. The van der Waals surface area contributed by atoms with Crippen LogP contribution in [-0.2, 0) is 13.0 Å². The van der Waals surface area contributed by atoms with Gasteiger partial charge in [0.2, 0.25) is 0 Å². The zero-order valence-electron chi connectivity index (χ0n) is 9.49. The number of aromatic nitrogens is 2. The Morgan fingerprint density at radius 1 is 1.59 bits per heavy atom. The zero-order chi connectivity index (χ0) is 12.3. The first kappa shape index (κ1) is 11.4. The van der Waals surface area contributed by atoms with Crippen molar-refractivity contribution >= 4 is 11.7 Å². The lowest BCUT2D eigenvalue weighted by atomic mass is 10.2. The number of nitrogens with two attached hydrogens (primary N) is 1. The zero-order valence-corrected chi connectivity index (χ0v) is 9.49. The van der Waals surface area contributed by atoms with Gasteiger partial charge in [0.25, 0.3) is 5.91 Å². The fraction of sp³-hybridized carbons (Fsp3) is 0.273. The van der Waals surface area contributed by atoms with E-state index < -0.39 is 0 Å². The Labute approximate surface area is 98.2 Å². The number of carbonyl (C=O) groups excluding carboxylic acids is 1. The number of amides is 1. The SMILES string of the molecule is CCc1cn[nH]c1NC(=O)c1ccc(CN)o1. The number of aromatic amines is 1. The van der Waals surface area contributed by atoms with Crippen LogP contribution in [0.4, 0.5) is 5.82 Å². The maximum atomic E-state index is 11.8. The largest absolute Gasteiger partial charge is 0.455 e. The van der Waals surface area contributed by atoms with Gasteiger partial charge in [-0.2, -0.15) is 5.10 Å². The number of hydrogen-bond donors (Lipinski definition) is 3. The van der Waals surface area contributed by atoms with Gasteiger partial charge in [0.15, 0.2) is 5.76 Å². The molecule has 4 N–H and O–H groups in total. The van der Waals surface area contributed by atoms with Crippen LogP contribution in [0.3, 0.4) is 0 Å². The van der Waals surface area contributed by atoms with Crippen molar-refractivity contribution in [2.45, 2.75) is 19.9 Å². The molecule has 0 aliphatic heterocycles. The fourth-order valence-corrected chi connectivity index (χ4v) is 1.47. The van der Waals surface area contributed by atoms with Gasteiger partial charge in [-0.3, -0.25) is 9.89 Å². The number of aryl methyl sites for hydroxylation is 1. The molecule has 0 fully saturated rings. The van der Waals surface area contributed by atoms with Crippen LogP contribution in [0.2, 0.25) is 0 Å². The molecule has 1 amide bonds. The van der Waals surface area contributed by atoms with Crippen LogP contribution in [0.15, 0.2) is 22.7 Å². The molecule has 0 saturated carbocycles. The lowest BCUT2D eigenvalue weighted by Crippen LogP contribution is -2.12. The van der Waals surface area contributed by atoms with E-state index in [1.54, 1.807) is 18.3 Å². The molecule has 0 aliphatic carbocycles. The van der Waals surface area contributed by atoms with Gasteiger partial charge in [0.05, 0.1) is 12.7 Å². The third-order valence-electron chi connectivity index (χ3n) is 2.42. The van der Waals surface area contributed by atoms with E-state index in [9.17, 15) is 4.79 Å². The number of nitrogens with one attached hydrogen (secondary N) is 2. The molecule has 2 aromatic rings. The molecule has 0 saturated heterocycles. The minimum absolute atomic E-state index is 0.238. The summed E-state index contributed by atoms with van der Waals surface area (Å²) in [5.74, 6) is 1.10. The van der Waals surface area contributed by atoms with Crippen molar-refractivity contribution in [3.63, 3.8) is 0 Å². The summed E-state index contributed by atoms with van der Waals surface area (Å²) in [7, 11) is 0. The topological polar surface area (TPSA) is 96.9 Å². The summed E-state index contributed by atoms with van der Waals surface area (Å²) in [5.41, 5.74) is 6.35. The predicted octanol–water partition coefficient (Wildman–Crippen LogP) is 1.28. The van der Waals surface area contributed by atoms with Crippen LogP contribution in [-0.4, -0.2) is 16.1 Å². The molecule has 6 nitrogen and oxygen atoms in total. The van der Waals surface area contributed by atoms with E-state index in [1.807, 2.05) is 6.92 Å². The third-order valence-corrected chi connectivity index (χ3v) is 2.42. The molecule has 0 atom stereocenters. The van der Waals surface area contributed by atoms with Crippen molar-refractivity contribution in [1.82, 2.24) is 10.2 Å². The predicted molar refractivity (Wildman–Crippen MR) is 62.5 cm³/mol. The van der Waals surface area contributed by atoms with Gasteiger partial charge in [0.1, 0.15) is 11.6 Å².